The molecule has 3 rings (SSSR count). The Morgan fingerprint density at radius 2 is 2.35 bits per heavy atom. The summed E-state index contributed by atoms with van der Waals surface area (Å²) < 4.78 is 11.3. The minimum absolute atomic E-state index is 0.184. The summed E-state index contributed by atoms with van der Waals surface area (Å²) in [7, 11) is 1.40. The van der Waals surface area contributed by atoms with Crippen LogP contribution in [0, 0.1) is 5.41 Å². The van der Waals surface area contributed by atoms with Crippen molar-refractivity contribution in [3.63, 3.8) is 0 Å². The minimum Gasteiger partial charge on any atom is -0.468 e. The predicted octanol–water partition coefficient (Wildman–Crippen LogP) is 2.17. The van der Waals surface area contributed by atoms with Gasteiger partial charge in [-0.05, 0) is 29.8 Å². The summed E-state index contributed by atoms with van der Waals surface area (Å²) in [4.78, 5) is 23.5. The average Bonchev–Trinajstić information content (AvgIpc) is 2.53. The molecule has 1 aromatic heterocycles. The molecule has 0 amide bonds. The van der Waals surface area contributed by atoms with Gasteiger partial charge in [-0.15, -0.1) is 0 Å². The Balaban J connectivity index is 1.91. The Kier molecular flexibility index (Phi) is 4.42. The zero-order valence-electron chi connectivity index (χ0n) is 13.5. The van der Waals surface area contributed by atoms with Crippen molar-refractivity contribution in [3.8, 4) is 0 Å². The molecule has 1 aliphatic heterocycles. The van der Waals surface area contributed by atoms with Crippen LogP contribution >= 0.6 is 15.9 Å². The quantitative estimate of drug-likeness (QED) is 0.731. The number of ether oxygens (including phenoxy) is 2. The molecule has 0 bridgehead atoms. The maximum absolute atomic E-state index is 12.0. The molecule has 1 saturated heterocycles. The van der Waals surface area contributed by atoms with Gasteiger partial charge in [0.1, 0.15) is 11.5 Å². The topological polar surface area (TPSA) is 64.5 Å². The van der Waals surface area contributed by atoms with Crippen molar-refractivity contribution in [2.45, 2.75) is 26.4 Å². The number of morpholine rings is 1. The van der Waals surface area contributed by atoms with Gasteiger partial charge in [-0.1, -0.05) is 6.08 Å². The molecule has 124 valence electrons. The molecule has 0 radical (unpaired) electrons. The van der Waals surface area contributed by atoms with Crippen molar-refractivity contribution < 1.29 is 14.3 Å². The van der Waals surface area contributed by atoms with Crippen LogP contribution in [0.4, 0.5) is 5.82 Å². The van der Waals surface area contributed by atoms with E-state index in [0.717, 1.165) is 34.8 Å². The van der Waals surface area contributed by atoms with Crippen molar-refractivity contribution in [1.29, 1.82) is 0 Å². The number of halogens is 1. The maximum atomic E-state index is 12.0. The third kappa shape index (κ3) is 3.12. The average molecular weight is 382 g/mol. The molecule has 1 aliphatic carbocycles. The van der Waals surface area contributed by atoms with Crippen molar-refractivity contribution in [2.24, 2.45) is 5.41 Å². The van der Waals surface area contributed by atoms with E-state index in [9.17, 15) is 4.79 Å². The Labute approximate surface area is 144 Å². The molecule has 1 fully saturated rings. The molecule has 6 nitrogen and oxygen atoms in total. The van der Waals surface area contributed by atoms with E-state index in [1.807, 2.05) is 13.0 Å². The van der Waals surface area contributed by atoms with E-state index in [2.05, 4.69) is 32.7 Å². The summed E-state index contributed by atoms with van der Waals surface area (Å²) >= 11 is 3.54. The fraction of sp³-hybridized carbons (Fsp3) is 0.562. The highest BCUT2D eigenvalue weighted by molar-refractivity contribution is 9.15. The molecule has 2 atom stereocenters. The molecule has 2 aliphatic rings. The van der Waals surface area contributed by atoms with Crippen LogP contribution in [0.2, 0.25) is 0 Å². The van der Waals surface area contributed by atoms with Crippen molar-refractivity contribution in [2.75, 3.05) is 31.7 Å². The molecule has 0 saturated carbocycles. The number of anilines is 1. The Bertz CT molecular complexity index is 664. The van der Waals surface area contributed by atoms with Gasteiger partial charge in [0.2, 0.25) is 0 Å². The lowest BCUT2D eigenvalue weighted by Crippen LogP contribution is -2.42. The number of methoxy groups -OCH3 is 1. The van der Waals surface area contributed by atoms with Gasteiger partial charge in [-0.2, -0.15) is 0 Å². The fourth-order valence-electron chi connectivity index (χ4n) is 3.02. The first-order valence-electron chi connectivity index (χ1n) is 7.62. The largest absolute Gasteiger partial charge is 0.468 e. The summed E-state index contributed by atoms with van der Waals surface area (Å²) in [5, 5.41) is 0. The highest BCUT2D eigenvalue weighted by Crippen LogP contribution is 2.39. The third-order valence-corrected chi connectivity index (χ3v) is 4.86. The van der Waals surface area contributed by atoms with Crippen LogP contribution in [0.5, 0.6) is 0 Å². The molecular weight excluding hydrogens is 362 g/mol. The number of rotatable bonds is 2. The van der Waals surface area contributed by atoms with Crippen molar-refractivity contribution in [3.05, 3.63) is 23.7 Å². The van der Waals surface area contributed by atoms with Crippen molar-refractivity contribution in [1.82, 2.24) is 9.97 Å². The number of fused-ring (bicyclic) bond motifs is 1. The second-order valence-electron chi connectivity index (χ2n) is 6.23. The second kappa shape index (κ2) is 6.20. The first kappa shape index (κ1) is 16.4. The van der Waals surface area contributed by atoms with Crippen LogP contribution in [-0.4, -0.2) is 48.8 Å². The zero-order valence-corrected chi connectivity index (χ0v) is 15.1. The number of hydrogen-bond donors (Lipinski definition) is 0. The van der Waals surface area contributed by atoms with Gasteiger partial charge in [0.15, 0.2) is 0 Å². The zero-order chi connectivity index (χ0) is 16.6. The summed E-state index contributed by atoms with van der Waals surface area (Å²) in [6.07, 6.45) is 4.31. The van der Waals surface area contributed by atoms with Gasteiger partial charge in [0.25, 0.3) is 0 Å². The number of hydrogen-bond acceptors (Lipinski definition) is 6. The monoisotopic (exact) mass is 381 g/mol. The van der Waals surface area contributed by atoms with E-state index >= 15 is 0 Å². The normalized spacial score (nSPS) is 27.2. The Hall–Kier alpha value is -1.47. The predicted molar refractivity (Wildman–Crippen MR) is 90.4 cm³/mol. The van der Waals surface area contributed by atoms with Crippen LogP contribution in [0.25, 0.3) is 4.48 Å². The van der Waals surface area contributed by atoms with Gasteiger partial charge in [0, 0.05) is 24.0 Å². The third-order valence-electron chi connectivity index (χ3n) is 4.26. The van der Waals surface area contributed by atoms with Crippen LogP contribution in [0.3, 0.4) is 0 Å². The van der Waals surface area contributed by atoms with Crippen molar-refractivity contribution >= 4 is 32.2 Å². The van der Waals surface area contributed by atoms with Crippen LogP contribution < -0.4 is 4.90 Å². The van der Waals surface area contributed by atoms with Gasteiger partial charge in [-0.3, -0.25) is 9.78 Å². The molecule has 0 N–H and O–H groups in total. The number of carbonyl (C=O) groups excluding carboxylic acids is 1. The summed E-state index contributed by atoms with van der Waals surface area (Å²) in [6.45, 7) is 6.20. The van der Waals surface area contributed by atoms with Crippen LogP contribution in [0.1, 0.15) is 25.2 Å². The second-order valence-corrected chi connectivity index (χ2v) is 7.08. The molecule has 1 aromatic rings. The van der Waals surface area contributed by atoms with E-state index in [1.54, 1.807) is 6.20 Å². The van der Waals surface area contributed by atoms with Gasteiger partial charge in [-0.25, -0.2) is 4.98 Å². The fourth-order valence-corrected chi connectivity index (χ4v) is 3.84. The van der Waals surface area contributed by atoms with Gasteiger partial charge < -0.3 is 14.4 Å². The molecular formula is C16H20BrN3O3. The SMILES string of the molecule is COC(=O)C1(C)C=C(Br)c2nc(N3CCO[C@H](C)C3)cnc2C1. The van der Waals surface area contributed by atoms with Crippen LogP contribution in [-0.2, 0) is 20.7 Å². The van der Waals surface area contributed by atoms with Gasteiger partial charge in [0.05, 0.1) is 37.1 Å². The molecule has 1 unspecified atom stereocenters. The minimum atomic E-state index is -0.718. The van der Waals surface area contributed by atoms with E-state index in [4.69, 9.17) is 14.5 Å². The first-order valence-corrected chi connectivity index (χ1v) is 8.42. The summed E-state index contributed by atoms with van der Waals surface area (Å²) in [5.74, 6) is 0.568. The smallest absolute Gasteiger partial charge is 0.315 e. The highest BCUT2D eigenvalue weighted by atomic mass is 79.9. The summed E-state index contributed by atoms with van der Waals surface area (Å²) in [6, 6.07) is 0. The maximum Gasteiger partial charge on any atom is 0.315 e. The number of aromatic nitrogens is 2. The molecule has 2 heterocycles. The number of carbonyl (C=O) groups is 1. The van der Waals surface area contributed by atoms with E-state index < -0.39 is 5.41 Å². The Morgan fingerprint density at radius 1 is 1.57 bits per heavy atom. The standard InChI is InChI=1S/C16H20BrN3O3/c1-10-9-20(4-5-23-10)13-8-18-12-7-16(2,15(21)22-3)6-11(17)14(12)19-13/h6,8,10H,4-5,7,9H2,1-3H3/t10-,16?/m1/s1. The number of nitrogens with zero attached hydrogens (tertiary/aromatic N) is 3. The van der Waals surface area contributed by atoms with Crippen LogP contribution in [0.15, 0.2) is 12.3 Å². The molecule has 7 heteroatoms. The van der Waals surface area contributed by atoms with E-state index in [0.29, 0.717) is 13.0 Å². The number of esters is 1. The van der Waals surface area contributed by atoms with Gasteiger partial charge >= 0.3 is 5.97 Å². The molecule has 0 aromatic carbocycles. The lowest BCUT2D eigenvalue weighted by atomic mass is 9.81. The van der Waals surface area contributed by atoms with E-state index in [-0.39, 0.29) is 12.1 Å². The summed E-state index contributed by atoms with van der Waals surface area (Å²) in [5.41, 5.74) is 0.880. The lowest BCUT2D eigenvalue weighted by molar-refractivity contribution is -0.148. The molecule has 23 heavy (non-hydrogen) atoms. The first-order chi connectivity index (χ1) is 10.9. The van der Waals surface area contributed by atoms with E-state index in [1.165, 1.54) is 7.11 Å². The highest BCUT2D eigenvalue weighted by Gasteiger charge is 2.38. The lowest BCUT2D eigenvalue weighted by Gasteiger charge is -2.33. The Morgan fingerprint density at radius 3 is 3.04 bits per heavy atom. The molecule has 0 spiro atoms.